The van der Waals surface area contributed by atoms with E-state index < -0.39 is 10.4 Å². The van der Waals surface area contributed by atoms with E-state index in [-0.39, 0.29) is 0 Å². The minimum Gasteiger partial charge on any atom is -0.726 e. The van der Waals surface area contributed by atoms with Crippen LogP contribution in [-0.4, -0.2) is 39.4 Å². The van der Waals surface area contributed by atoms with Gasteiger partial charge in [-0.05, 0) is 37.1 Å². The maximum Gasteiger partial charge on any atom is 0.217 e. The maximum absolute atomic E-state index is 9.22. The molecule has 2 aromatic carbocycles. The van der Waals surface area contributed by atoms with Crippen molar-refractivity contribution in [3.8, 4) is 5.75 Å². The van der Waals surface area contributed by atoms with Crippen LogP contribution in [0.2, 0.25) is 0 Å². The maximum atomic E-state index is 9.22. The number of nitrogens with zero attached hydrogens (tertiary/aromatic N) is 3. The largest absolute Gasteiger partial charge is 0.726 e. The molecule has 0 N–H and O–H groups in total. The smallest absolute Gasteiger partial charge is 0.217 e. The summed E-state index contributed by atoms with van der Waals surface area (Å²) in [5.41, 5.74) is 4.80. The first kappa shape index (κ1) is 22.7. The summed E-state index contributed by atoms with van der Waals surface area (Å²) in [5, 5.41) is 8.06. The Kier molecular flexibility index (Phi) is 6.89. The molecule has 0 radical (unpaired) electrons. The van der Waals surface area contributed by atoms with Gasteiger partial charge in [0, 0.05) is 17.7 Å². The lowest BCUT2D eigenvalue weighted by Crippen LogP contribution is -2.28. The van der Waals surface area contributed by atoms with E-state index in [0.29, 0.717) is 6.04 Å². The van der Waals surface area contributed by atoms with E-state index in [1.165, 1.54) is 11.3 Å². The summed E-state index contributed by atoms with van der Waals surface area (Å²) in [6.45, 7) is 2.21. The van der Waals surface area contributed by atoms with Crippen LogP contribution in [0.15, 0.2) is 59.8 Å². The normalized spacial score (nSPS) is 15.6. The van der Waals surface area contributed by atoms with E-state index in [9.17, 15) is 13.0 Å². The van der Waals surface area contributed by atoms with Crippen molar-refractivity contribution in [1.82, 2.24) is 0 Å². The zero-order valence-electron chi connectivity index (χ0n) is 17.8. The lowest BCUT2D eigenvalue weighted by Gasteiger charge is -2.18. The van der Waals surface area contributed by atoms with Crippen molar-refractivity contribution in [1.29, 1.82) is 0 Å². The molecular weight excluding hydrogens is 418 g/mol. The molecule has 0 aliphatic carbocycles. The van der Waals surface area contributed by atoms with Gasteiger partial charge in [0.1, 0.15) is 12.8 Å². The van der Waals surface area contributed by atoms with Gasteiger partial charge in [-0.2, -0.15) is 5.10 Å². The summed E-state index contributed by atoms with van der Waals surface area (Å²) in [7, 11) is 0.141. The molecule has 1 atom stereocenters. The summed E-state index contributed by atoms with van der Waals surface area (Å²) < 4.78 is 38.5. The Morgan fingerprint density at radius 1 is 1.19 bits per heavy atom. The van der Waals surface area contributed by atoms with Gasteiger partial charge >= 0.3 is 0 Å². The Hall–Kier alpha value is -3.01. The van der Waals surface area contributed by atoms with Crippen molar-refractivity contribution >= 4 is 33.2 Å². The molecule has 31 heavy (non-hydrogen) atoms. The predicted octanol–water partition coefficient (Wildman–Crippen LogP) is 2.55. The number of aromatic nitrogens is 1. The van der Waals surface area contributed by atoms with E-state index in [1.54, 1.807) is 7.11 Å². The van der Waals surface area contributed by atoms with Crippen molar-refractivity contribution < 1.29 is 26.5 Å². The van der Waals surface area contributed by atoms with E-state index in [2.05, 4.69) is 76.4 Å². The van der Waals surface area contributed by atoms with Crippen molar-refractivity contribution in [2.24, 2.45) is 12.1 Å². The average molecular weight is 444 g/mol. The minimum absolute atomic E-state index is 0.370. The second-order valence-electron chi connectivity index (χ2n) is 7.11. The van der Waals surface area contributed by atoms with Crippen molar-refractivity contribution in [3.05, 3.63) is 65.9 Å². The zero-order chi connectivity index (χ0) is 22.6. The number of methoxy groups -OCH3 is 1. The Balaban J connectivity index is 0.000000401. The average Bonchev–Trinajstić information content (AvgIpc) is 3.08. The third kappa shape index (κ3) is 5.38. The van der Waals surface area contributed by atoms with Crippen LogP contribution in [0.4, 0.5) is 5.69 Å². The van der Waals surface area contributed by atoms with Crippen LogP contribution in [0.5, 0.6) is 5.75 Å². The van der Waals surface area contributed by atoms with Gasteiger partial charge in [-0.25, -0.2) is 13.0 Å². The highest BCUT2D eigenvalue weighted by molar-refractivity contribution is 7.80. The molecule has 1 aliphatic rings. The number of ether oxygens (including phenoxy) is 1. The summed E-state index contributed by atoms with van der Waals surface area (Å²) >= 11 is 0. The Labute approximate surface area is 182 Å². The zero-order valence-corrected chi connectivity index (χ0v) is 18.7. The lowest BCUT2D eigenvalue weighted by atomic mass is 10.1. The molecule has 1 aromatic heterocycles. The number of pyridine rings is 1. The molecule has 0 amide bonds. The van der Waals surface area contributed by atoms with Crippen molar-refractivity contribution in [2.45, 2.75) is 19.4 Å². The highest BCUT2D eigenvalue weighted by Crippen LogP contribution is 2.32. The van der Waals surface area contributed by atoms with Gasteiger partial charge < -0.3 is 9.29 Å². The number of benzene rings is 2. The SMILES string of the molecule is COS(=O)(=O)[O-].COc1ccc2c(c1)c(/C=N/N1c3ccccc3CC1C)cc[n+]2C. The molecule has 3 aromatic rings. The van der Waals surface area contributed by atoms with Crippen LogP contribution in [0.1, 0.15) is 18.1 Å². The van der Waals surface area contributed by atoms with Crippen LogP contribution in [-0.2, 0) is 28.1 Å². The molecule has 2 heterocycles. The molecule has 9 heteroatoms. The van der Waals surface area contributed by atoms with Gasteiger partial charge in [0.15, 0.2) is 6.20 Å². The van der Waals surface area contributed by atoms with E-state index in [0.717, 1.165) is 35.7 Å². The molecule has 164 valence electrons. The summed E-state index contributed by atoms with van der Waals surface area (Å²) in [6.07, 6.45) is 5.06. The third-order valence-corrected chi connectivity index (χ3v) is 5.48. The fourth-order valence-corrected chi connectivity index (χ4v) is 3.51. The molecule has 1 unspecified atom stereocenters. The molecule has 0 bridgehead atoms. The minimum atomic E-state index is -4.41. The first-order valence-electron chi connectivity index (χ1n) is 9.62. The molecular formula is C22H25N3O5S. The molecule has 8 nitrogen and oxygen atoms in total. The monoisotopic (exact) mass is 443 g/mol. The quantitative estimate of drug-likeness (QED) is 0.266. The summed E-state index contributed by atoms with van der Waals surface area (Å²) in [5.74, 6) is 0.855. The number of para-hydroxylation sites is 1. The Morgan fingerprint density at radius 3 is 2.58 bits per heavy atom. The molecule has 0 saturated heterocycles. The molecule has 0 saturated carbocycles. The highest BCUT2D eigenvalue weighted by Gasteiger charge is 2.25. The second-order valence-corrected chi connectivity index (χ2v) is 8.26. The molecule has 4 rings (SSSR count). The Bertz CT molecular complexity index is 1210. The van der Waals surface area contributed by atoms with Gasteiger partial charge in [-0.15, -0.1) is 0 Å². The number of rotatable bonds is 4. The molecule has 0 spiro atoms. The number of hydrogen-bond donors (Lipinski definition) is 0. The third-order valence-electron chi connectivity index (χ3n) is 5.07. The van der Waals surface area contributed by atoms with E-state index in [1.807, 2.05) is 12.3 Å². The Morgan fingerprint density at radius 2 is 1.90 bits per heavy atom. The second kappa shape index (κ2) is 9.42. The first-order chi connectivity index (χ1) is 14.7. The van der Waals surface area contributed by atoms with Crippen LogP contribution in [0.25, 0.3) is 10.9 Å². The standard InChI is InChI=1S/C21H22N3O.CH4O4S/c1-15-12-16-6-4-5-7-20(16)24(15)22-14-17-10-11-23(2)21-9-8-18(25-3)13-19(17)21;1-5-6(2,3)4/h4-11,13-15H,12H2,1-3H3;1H3,(H,2,3,4)/q+1;/p-1. The van der Waals surface area contributed by atoms with Crippen molar-refractivity contribution in [2.75, 3.05) is 19.2 Å². The van der Waals surface area contributed by atoms with Crippen molar-refractivity contribution in [3.63, 3.8) is 0 Å². The fourth-order valence-electron chi connectivity index (χ4n) is 3.51. The van der Waals surface area contributed by atoms with Crippen LogP contribution >= 0.6 is 0 Å². The number of hydrogen-bond acceptors (Lipinski definition) is 7. The van der Waals surface area contributed by atoms with Gasteiger partial charge in [-0.1, -0.05) is 18.2 Å². The van der Waals surface area contributed by atoms with Gasteiger partial charge in [0.2, 0.25) is 15.9 Å². The topological polar surface area (TPSA) is 95.1 Å². The lowest BCUT2D eigenvalue weighted by molar-refractivity contribution is -0.644. The van der Waals surface area contributed by atoms with Crippen LogP contribution in [0, 0.1) is 0 Å². The van der Waals surface area contributed by atoms with Gasteiger partial charge in [0.25, 0.3) is 0 Å². The number of hydrazone groups is 1. The van der Waals surface area contributed by atoms with Crippen LogP contribution < -0.4 is 14.3 Å². The van der Waals surface area contributed by atoms with E-state index in [4.69, 9.17) is 9.84 Å². The fraction of sp³-hybridized carbons (Fsp3) is 0.273. The summed E-state index contributed by atoms with van der Waals surface area (Å²) in [6, 6.07) is 17.1. The van der Waals surface area contributed by atoms with Gasteiger partial charge in [-0.3, -0.25) is 9.19 Å². The number of anilines is 1. The van der Waals surface area contributed by atoms with E-state index >= 15 is 0 Å². The van der Waals surface area contributed by atoms with Gasteiger partial charge in [0.05, 0.1) is 37.5 Å². The number of aryl methyl sites for hydroxylation is 1. The highest BCUT2D eigenvalue weighted by atomic mass is 32.3. The molecule has 0 fully saturated rings. The first-order valence-corrected chi connectivity index (χ1v) is 11.0. The molecule has 1 aliphatic heterocycles. The number of fused-ring (bicyclic) bond motifs is 2. The van der Waals surface area contributed by atoms with Crippen LogP contribution in [0.3, 0.4) is 0 Å². The summed E-state index contributed by atoms with van der Waals surface area (Å²) in [4.78, 5) is 0. The predicted molar refractivity (Wildman–Crippen MR) is 118 cm³/mol.